The number of Topliss-reactive ketones (excluding diaryl/α,β-unsaturated/α-hetero) is 1. The topological polar surface area (TPSA) is 20.3 Å². The van der Waals surface area contributed by atoms with E-state index in [0.717, 1.165) is 31.2 Å². The maximum atomic E-state index is 13.1. The number of benzene rings is 2. The summed E-state index contributed by atoms with van der Waals surface area (Å²) in [6.07, 6.45) is 9.61. The van der Waals surface area contributed by atoms with Gasteiger partial charge in [0.15, 0.2) is 0 Å². The molecule has 0 radical (unpaired) electrons. The molecule has 2 nitrogen and oxygen atoms in total. The highest BCUT2D eigenvalue weighted by atomic mass is 16.1. The number of likely N-dealkylation sites (tertiary alicyclic amines) is 1. The molecule has 0 N–H and O–H groups in total. The van der Waals surface area contributed by atoms with Gasteiger partial charge in [-0.3, -0.25) is 9.69 Å². The molecule has 3 fully saturated rings. The van der Waals surface area contributed by atoms with Crippen molar-refractivity contribution < 1.29 is 4.79 Å². The Morgan fingerprint density at radius 1 is 0.906 bits per heavy atom. The minimum absolute atomic E-state index is 0.394. The molecule has 0 aromatic heterocycles. The van der Waals surface area contributed by atoms with Crippen molar-refractivity contribution in [1.82, 2.24) is 4.90 Å². The number of fused-ring (bicyclic) bond motifs is 2. The van der Waals surface area contributed by atoms with Crippen molar-refractivity contribution in [3.05, 3.63) is 70.8 Å². The molecule has 4 aliphatic rings. The molecule has 4 atom stereocenters. The maximum Gasteiger partial charge on any atom is 0.136 e. The van der Waals surface area contributed by atoms with Gasteiger partial charge in [0.2, 0.25) is 0 Å². The summed E-state index contributed by atoms with van der Waals surface area (Å²) in [7, 11) is 0. The molecule has 1 aliphatic heterocycles. The van der Waals surface area contributed by atoms with E-state index >= 15 is 0 Å². The standard InChI is InChI=1S/C30H37NO/c1-20-7-9-24-10-8-21(16-25(24)15-20)17-29(32)30-27-18-31(19-28(27)30)26-13-11-23(12-14-26)22-5-3-2-4-6-22/h2-7,9,15,21,23,26-28,30H,8,10-14,16-19H2,1H3/t21?,23?,26?,27-,28+,30?. The summed E-state index contributed by atoms with van der Waals surface area (Å²) in [5.41, 5.74) is 5.90. The Morgan fingerprint density at radius 2 is 1.66 bits per heavy atom. The molecule has 168 valence electrons. The second-order valence-corrected chi connectivity index (χ2v) is 11.3. The summed E-state index contributed by atoms with van der Waals surface area (Å²) in [4.78, 5) is 15.9. The number of piperidine rings is 1. The molecule has 2 aromatic rings. The van der Waals surface area contributed by atoms with Crippen molar-refractivity contribution >= 4 is 5.78 Å². The Balaban J connectivity index is 0.978. The first-order valence-electron chi connectivity index (χ1n) is 13.1. The zero-order valence-corrected chi connectivity index (χ0v) is 19.5. The molecule has 2 saturated carbocycles. The lowest BCUT2D eigenvalue weighted by atomic mass is 9.80. The first kappa shape index (κ1) is 20.7. The van der Waals surface area contributed by atoms with E-state index in [9.17, 15) is 4.79 Å². The van der Waals surface area contributed by atoms with E-state index in [-0.39, 0.29) is 0 Å². The van der Waals surface area contributed by atoms with E-state index in [0.29, 0.717) is 29.5 Å². The average molecular weight is 428 g/mol. The predicted molar refractivity (Wildman–Crippen MR) is 130 cm³/mol. The Hall–Kier alpha value is -1.93. The fourth-order valence-corrected chi connectivity index (χ4v) is 7.39. The Morgan fingerprint density at radius 3 is 2.41 bits per heavy atom. The van der Waals surface area contributed by atoms with Crippen LogP contribution >= 0.6 is 0 Å². The van der Waals surface area contributed by atoms with Crippen molar-refractivity contribution in [2.24, 2.45) is 23.7 Å². The highest BCUT2D eigenvalue weighted by Gasteiger charge is 2.59. The second-order valence-electron chi connectivity index (χ2n) is 11.3. The van der Waals surface area contributed by atoms with Crippen LogP contribution in [-0.4, -0.2) is 29.8 Å². The number of ketones is 1. The monoisotopic (exact) mass is 427 g/mol. The quantitative estimate of drug-likeness (QED) is 0.586. The fourth-order valence-electron chi connectivity index (χ4n) is 7.39. The highest BCUT2D eigenvalue weighted by molar-refractivity contribution is 5.85. The Bertz CT molecular complexity index is 962. The molecule has 2 aromatic carbocycles. The van der Waals surface area contributed by atoms with Gasteiger partial charge < -0.3 is 0 Å². The number of hydrogen-bond acceptors (Lipinski definition) is 2. The van der Waals surface area contributed by atoms with Gasteiger partial charge in [0.1, 0.15) is 5.78 Å². The predicted octanol–water partition coefficient (Wildman–Crippen LogP) is 5.96. The molecule has 0 bridgehead atoms. The van der Waals surface area contributed by atoms with Crippen LogP contribution in [0.4, 0.5) is 0 Å². The van der Waals surface area contributed by atoms with Crippen LogP contribution in [0.25, 0.3) is 0 Å². The normalized spacial score (nSPS) is 34.0. The molecule has 0 amide bonds. The third kappa shape index (κ3) is 3.96. The van der Waals surface area contributed by atoms with Crippen molar-refractivity contribution in [2.45, 2.75) is 70.3 Å². The number of hydrogen-bond donors (Lipinski definition) is 0. The molecular weight excluding hydrogens is 390 g/mol. The fraction of sp³-hybridized carbons (Fsp3) is 0.567. The third-order valence-corrected chi connectivity index (χ3v) is 9.26. The SMILES string of the molecule is Cc1ccc2c(c1)CC(CC(=O)C1[C@H]3CN(C4CCC(c5ccccc5)CC4)C[C@@H]13)CC2. The van der Waals surface area contributed by atoms with Gasteiger partial charge in [-0.1, -0.05) is 54.1 Å². The van der Waals surface area contributed by atoms with Crippen LogP contribution in [0.1, 0.15) is 66.7 Å². The van der Waals surface area contributed by atoms with Crippen LogP contribution in [0.5, 0.6) is 0 Å². The van der Waals surface area contributed by atoms with Gasteiger partial charge in [-0.05, 0) is 92.2 Å². The van der Waals surface area contributed by atoms with Crippen LogP contribution in [0.2, 0.25) is 0 Å². The molecule has 1 heterocycles. The van der Waals surface area contributed by atoms with Gasteiger partial charge in [-0.25, -0.2) is 0 Å². The summed E-state index contributed by atoms with van der Waals surface area (Å²) < 4.78 is 0. The van der Waals surface area contributed by atoms with Crippen LogP contribution in [0.15, 0.2) is 48.5 Å². The third-order valence-electron chi connectivity index (χ3n) is 9.26. The molecule has 0 spiro atoms. The first-order valence-corrected chi connectivity index (χ1v) is 13.1. The number of carbonyl (C=O) groups is 1. The van der Waals surface area contributed by atoms with Crippen LogP contribution in [-0.2, 0) is 17.6 Å². The van der Waals surface area contributed by atoms with E-state index < -0.39 is 0 Å². The van der Waals surface area contributed by atoms with Crippen molar-refractivity contribution in [3.8, 4) is 0 Å². The minimum atomic E-state index is 0.394. The molecule has 2 unspecified atom stereocenters. The summed E-state index contributed by atoms with van der Waals surface area (Å²) in [6.45, 7) is 4.56. The lowest BCUT2D eigenvalue weighted by Gasteiger charge is -2.36. The molecular formula is C30H37NO. The lowest BCUT2D eigenvalue weighted by molar-refractivity contribution is -0.122. The summed E-state index contributed by atoms with van der Waals surface area (Å²) in [5, 5.41) is 0. The van der Waals surface area contributed by atoms with Gasteiger partial charge in [0, 0.05) is 31.5 Å². The number of aryl methyl sites for hydroxylation is 2. The van der Waals surface area contributed by atoms with Gasteiger partial charge in [-0.15, -0.1) is 0 Å². The van der Waals surface area contributed by atoms with Crippen LogP contribution in [0.3, 0.4) is 0 Å². The molecule has 6 rings (SSSR count). The minimum Gasteiger partial charge on any atom is -0.300 e. The van der Waals surface area contributed by atoms with Crippen LogP contribution in [0, 0.1) is 30.6 Å². The van der Waals surface area contributed by atoms with Crippen molar-refractivity contribution in [2.75, 3.05) is 13.1 Å². The Kier molecular flexibility index (Phi) is 5.45. The average Bonchev–Trinajstić information content (AvgIpc) is 3.33. The van der Waals surface area contributed by atoms with E-state index in [2.05, 4.69) is 60.4 Å². The van der Waals surface area contributed by atoms with E-state index in [1.807, 2.05) is 0 Å². The zero-order valence-electron chi connectivity index (χ0n) is 19.5. The number of rotatable bonds is 5. The molecule has 2 heteroatoms. The maximum absolute atomic E-state index is 13.1. The van der Waals surface area contributed by atoms with E-state index in [1.54, 1.807) is 0 Å². The van der Waals surface area contributed by atoms with Gasteiger partial charge in [0.25, 0.3) is 0 Å². The number of nitrogens with zero attached hydrogens (tertiary/aromatic N) is 1. The molecule has 1 saturated heterocycles. The number of carbonyl (C=O) groups excluding carboxylic acids is 1. The summed E-state index contributed by atoms with van der Waals surface area (Å²) >= 11 is 0. The van der Waals surface area contributed by atoms with E-state index in [1.165, 1.54) is 67.4 Å². The van der Waals surface area contributed by atoms with Crippen molar-refractivity contribution in [3.63, 3.8) is 0 Å². The Labute approximate surface area is 193 Å². The summed E-state index contributed by atoms with van der Waals surface area (Å²) in [5.74, 6) is 3.66. The first-order chi connectivity index (χ1) is 15.7. The lowest BCUT2D eigenvalue weighted by Crippen LogP contribution is -2.38. The van der Waals surface area contributed by atoms with E-state index in [4.69, 9.17) is 0 Å². The van der Waals surface area contributed by atoms with Gasteiger partial charge in [-0.2, -0.15) is 0 Å². The molecule has 3 aliphatic carbocycles. The van der Waals surface area contributed by atoms with Gasteiger partial charge >= 0.3 is 0 Å². The largest absolute Gasteiger partial charge is 0.300 e. The van der Waals surface area contributed by atoms with Gasteiger partial charge in [0.05, 0.1) is 0 Å². The van der Waals surface area contributed by atoms with Crippen molar-refractivity contribution in [1.29, 1.82) is 0 Å². The summed E-state index contributed by atoms with van der Waals surface area (Å²) in [6, 6.07) is 18.7. The highest BCUT2D eigenvalue weighted by Crippen LogP contribution is 2.54. The second kappa shape index (κ2) is 8.45. The smallest absolute Gasteiger partial charge is 0.136 e. The van der Waals surface area contributed by atoms with Crippen LogP contribution < -0.4 is 0 Å². The zero-order chi connectivity index (χ0) is 21.7. The molecule has 32 heavy (non-hydrogen) atoms.